The van der Waals surface area contributed by atoms with Gasteiger partial charge in [-0.2, -0.15) is 0 Å². The van der Waals surface area contributed by atoms with Crippen molar-refractivity contribution in [2.24, 2.45) is 5.16 Å². The minimum Gasteiger partial charge on any atom is -0.457 e. The van der Waals surface area contributed by atoms with Crippen molar-refractivity contribution in [2.75, 3.05) is 0 Å². The largest absolute Gasteiger partial charge is 0.457 e. The highest BCUT2D eigenvalue weighted by Crippen LogP contribution is 2.23. The Morgan fingerprint density at radius 2 is 1.47 bits per heavy atom. The third-order valence-corrected chi connectivity index (χ3v) is 2.66. The molecule has 0 fully saturated rings. The zero-order valence-corrected chi connectivity index (χ0v) is 10.5. The zero-order valence-electron chi connectivity index (χ0n) is 8.88. The molecule has 0 saturated heterocycles. The van der Waals surface area contributed by atoms with Crippen molar-refractivity contribution in [1.82, 2.24) is 0 Å². The van der Waals surface area contributed by atoms with Crippen LogP contribution >= 0.6 is 15.9 Å². The van der Waals surface area contributed by atoms with Crippen LogP contribution in [0.15, 0.2) is 58.2 Å². The summed E-state index contributed by atoms with van der Waals surface area (Å²) < 4.78 is 6.65. The summed E-state index contributed by atoms with van der Waals surface area (Å²) in [6.07, 6.45) is 1.36. The molecule has 0 spiro atoms. The molecule has 2 aromatic rings. The van der Waals surface area contributed by atoms with Crippen molar-refractivity contribution in [3.05, 3.63) is 58.6 Å². The van der Waals surface area contributed by atoms with Gasteiger partial charge in [0, 0.05) is 4.47 Å². The minimum atomic E-state index is 0.738. The Labute approximate surface area is 107 Å². The van der Waals surface area contributed by atoms with Gasteiger partial charge < -0.3 is 9.94 Å². The SMILES string of the molecule is ON=Cc1ccc(Oc2ccc(Br)cc2)cc1. The molecule has 3 nitrogen and oxygen atoms in total. The van der Waals surface area contributed by atoms with Gasteiger partial charge in [-0.15, -0.1) is 0 Å². The van der Waals surface area contributed by atoms with E-state index in [1.807, 2.05) is 48.5 Å². The maximum atomic E-state index is 8.38. The Hall–Kier alpha value is -1.81. The Bertz CT molecular complexity index is 506. The second-order valence-corrected chi connectivity index (χ2v) is 4.29. The molecule has 2 aromatic carbocycles. The average Bonchev–Trinajstić information content (AvgIpc) is 2.35. The van der Waals surface area contributed by atoms with Gasteiger partial charge >= 0.3 is 0 Å². The van der Waals surface area contributed by atoms with Gasteiger partial charge in [-0.3, -0.25) is 0 Å². The standard InChI is InChI=1S/C13H10BrNO2/c14-11-3-7-13(8-4-11)17-12-5-1-10(2-6-12)9-15-16/h1-9,16H. The number of hydrogen-bond donors (Lipinski definition) is 1. The molecule has 0 saturated carbocycles. The fourth-order valence-electron chi connectivity index (χ4n) is 1.33. The second kappa shape index (κ2) is 5.50. The first-order valence-corrected chi connectivity index (χ1v) is 5.78. The van der Waals surface area contributed by atoms with Crippen LogP contribution in [-0.2, 0) is 0 Å². The van der Waals surface area contributed by atoms with Gasteiger partial charge in [-0.25, -0.2) is 0 Å². The normalized spacial score (nSPS) is 10.6. The van der Waals surface area contributed by atoms with Crippen LogP contribution in [0.1, 0.15) is 5.56 Å². The van der Waals surface area contributed by atoms with Gasteiger partial charge in [0.2, 0.25) is 0 Å². The molecule has 1 N–H and O–H groups in total. The fraction of sp³-hybridized carbons (Fsp3) is 0. The fourth-order valence-corrected chi connectivity index (χ4v) is 1.59. The summed E-state index contributed by atoms with van der Waals surface area (Å²) in [5.41, 5.74) is 0.815. The zero-order chi connectivity index (χ0) is 12.1. The minimum absolute atomic E-state index is 0.738. The van der Waals surface area contributed by atoms with Crippen LogP contribution in [-0.4, -0.2) is 11.4 Å². The number of benzene rings is 2. The number of hydrogen-bond acceptors (Lipinski definition) is 3. The molecule has 0 aliphatic carbocycles. The molecule has 0 aliphatic heterocycles. The van der Waals surface area contributed by atoms with E-state index in [1.165, 1.54) is 6.21 Å². The quantitative estimate of drug-likeness (QED) is 0.527. The lowest BCUT2D eigenvalue weighted by atomic mass is 10.2. The van der Waals surface area contributed by atoms with E-state index in [9.17, 15) is 0 Å². The van der Waals surface area contributed by atoms with Crippen molar-refractivity contribution in [1.29, 1.82) is 0 Å². The molecular weight excluding hydrogens is 282 g/mol. The number of rotatable bonds is 3. The monoisotopic (exact) mass is 291 g/mol. The summed E-state index contributed by atoms with van der Waals surface area (Å²) in [6, 6.07) is 14.9. The Kier molecular flexibility index (Phi) is 3.77. The van der Waals surface area contributed by atoms with Crippen LogP contribution in [0.5, 0.6) is 11.5 Å². The molecular formula is C13H10BrNO2. The smallest absolute Gasteiger partial charge is 0.127 e. The summed E-state index contributed by atoms with van der Waals surface area (Å²) >= 11 is 3.36. The number of oxime groups is 1. The van der Waals surface area contributed by atoms with E-state index >= 15 is 0 Å². The van der Waals surface area contributed by atoms with Gasteiger partial charge in [-0.1, -0.05) is 21.1 Å². The second-order valence-electron chi connectivity index (χ2n) is 3.37. The van der Waals surface area contributed by atoms with Crippen molar-refractivity contribution in [2.45, 2.75) is 0 Å². The predicted octanol–water partition coefficient (Wildman–Crippen LogP) is 4.05. The van der Waals surface area contributed by atoms with Gasteiger partial charge in [-0.05, 0) is 54.1 Å². The van der Waals surface area contributed by atoms with Crippen molar-refractivity contribution in [3.8, 4) is 11.5 Å². The highest BCUT2D eigenvalue weighted by Gasteiger charge is 1.97. The molecule has 0 atom stereocenters. The maximum absolute atomic E-state index is 8.38. The maximum Gasteiger partial charge on any atom is 0.127 e. The molecule has 0 bridgehead atoms. The van der Waals surface area contributed by atoms with Crippen molar-refractivity contribution in [3.63, 3.8) is 0 Å². The molecule has 0 heterocycles. The van der Waals surface area contributed by atoms with Crippen LogP contribution in [0, 0.1) is 0 Å². The van der Waals surface area contributed by atoms with E-state index in [1.54, 1.807) is 0 Å². The lowest BCUT2D eigenvalue weighted by Gasteiger charge is -2.05. The summed E-state index contributed by atoms with van der Waals surface area (Å²) in [5, 5.41) is 11.3. The summed E-state index contributed by atoms with van der Waals surface area (Å²) in [5.74, 6) is 1.51. The van der Waals surface area contributed by atoms with Crippen LogP contribution in [0.2, 0.25) is 0 Å². The van der Waals surface area contributed by atoms with E-state index < -0.39 is 0 Å². The molecule has 4 heteroatoms. The predicted molar refractivity (Wildman–Crippen MR) is 70.0 cm³/mol. The molecule has 0 radical (unpaired) electrons. The van der Waals surface area contributed by atoms with Crippen LogP contribution in [0.25, 0.3) is 0 Å². The van der Waals surface area contributed by atoms with Gasteiger partial charge in [0.1, 0.15) is 11.5 Å². The first-order chi connectivity index (χ1) is 8.28. The van der Waals surface area contributed by atoms with Crippen LogP contribution in [0.3, 0.4) is 0 Å². The lowest BCUT2D eigenvalue weighted by Crippen LogP contribution is -1.85. The number of ether oxygens (including phenoxy) is 1. The Balaban J connectivity index is 2.11. The van der Waals surface area contributed by atoms with E-state index in [0.29, 0.717) is 0 Å². The number of nitrogens with zero attached hydrogens (tertiary/aromatic N) is 1. The topological polar surface area (TPSA) is 41.8 Å². The molecule has 2 rings (SSSR count). The molecule has 86 valence electrons. The third kappa shape index (κ3) is 3.32. The molecule has 0 aliphatic rings. The van der Waals surface area contributed by atoms with Crippen molar-refractivity contribution < 1.29 is 9.94 Å². The highest BCUT2D eigenvalue weighted by molar-refractivity contribution is 9.10. The van der Waals surface area contributed by atoms with Crippen molar-refractivity contribution >= 4 is 22.1 Å². The lowest BCUT2D eigenvalue weighted by molar-refractivity contribution is 0.322. The van der Waals surface area contributed by atoms with Gasteiger partial charge in [0.05, 0.1) is 6.21 Å². The van der Waals surface area contributed by atoms with E-state index in [0.717, 1.165) is 21.5 Å². The van der Waals surface area contributed by atoms with Crippen LogP contribution < -0.4 is 4.74 Å². The third-order valence-electron chi connectivity index (χ3n) is 2.14. The molecule has 0 aromatic heterocycles. The molecule has 17 heavy (non-hydrogen) atoms. The molecule has 0 unspecified atom stereocenters. The first kappa shape index (κ1) is 11.7. The van der Waals surface area contributed by atoms with E-state index in [4.69, 9.17) is 9.94 Å². The van der Waals surface area contributed by atoms with E-state index in [2.05, 4.69) is 21.1 Å². The Morgan fingerprint density at radius 1 is 0.941 bits per heavy atom. The number of halogens is 1. The molecule has 0 amide bonds. The average molecular weight is 292 g/mol. The van der Waals surface area contributed by atoms with Gasteiger partial charge in [0.15, 0.2) is 0 Å². The summed E-state index contributed by atoms with van der Waals surface area (Å²) in [6.45, 7) is 0. The summed E-state index contributed by atoms with van der Waals surface area (Å²) in [4.78, 5) is 0. The van der Waals surface area contributed by atoms with Crippen LogP contribution in [0.4, 0.5) is 0 Å². The summed E-state index contributed by atoms with van der Waals surface area (Å²) in [7, 11) is 0. The highest BCUT2D eigenvalue weighted by atomic mass is 79.9. The van der Waals surface area contributed by atoms with Gasteiger partial charge in [0.25, 0.3) is 0 Å². The van der Waals surface area contributed by atoms with E-state index in [-0.39, 0.29) is 0 Å². The Morgan fingerprint density at radius 3 is 2.00 bits per heavy atom. The first-order valence-electron chi connectivity index (χ1n) is 4.99.